The van der Waals surface area contributed by atoms with Crippen molar-refractivity contribution in [2.75, 3.05) is 19.8 Å². The van der Waals surface area contributed by atoms with Gasteiger partial charge in [0.2, 0.25) is 0 Å². The van der Waals surface area contributed by atoms with Gasteiger partial charge in [-0.1, -0.05) is 12.1 Å². The van der Waals surface area contributed by atoms with Crippen LogP contribution in [0.1, 0.15) is 22.5 Å². The van der Waals surface area contributed by atoms with Crippen LogP contribution in [0.3, 0.4) is 0 Å². The summed E-state index contributed by atoms with van der Waals surface area (Å²) in [7, 11) is 0. The second-order valence-electron chi connectivity index (χ2n) is 7.80. The molecule has 2 saturated heterocycles. The second-order valence-corrected chi connectivity index (χ2v) is 7.80. The number of epoxide rings is 2. The van der Waals surface area contributed by atoms with E-state index in [9.17, 15) is 9.59 Å². The number of benzene rings is 2. The maximum absolute atomic E-state index is 12.4. The maximum Gasteiger partial charge on any atom is 0.424 e. The highest BCUT2D eigenvalue weighted by Gasteiger charge is 2.23. The zero-order chi connectivity index (χ0) is 22.6. The van der Waals surface area contributed by atoms with E-state index in [4.69, 9.17) is 23.7 Å². The molecule has 33 heavy (non-hydrogen) atoms. The van der Waals surface area contributed by atoms with E-state index in [0.29, 0.717) is 30.0 Å². The number of hydrogen-bond donors (Lipinski definition) is 0. The van der Waals surface area contributed by atoms with Gasteiger partial charge in [-0.25, -0.2) is 19.1 Å². The molecule has 2 fully saturated rings. The van der Waals surface area contributed by atoms with Gasteiger partial charge in [0.05, 0.1) is 19.3 Å². The Labute approximate surface area is 189 Å². The van der Waals surface area contributed by atoms with Crippen molar-refractivity contribution in [3.63, 3.8) is 0 Å². The summed E-state index contributed by atoms with van der Waals surface area (Å²) in [4.78, 5) is 28.7. The number of carbonyl (C=O) groups is 2. The van der Waals surface area contributed by atoms with Gasteiger partial charge in [-0.3, -0.25) is 0 Å². The fraction of sp³-hybridized carbons (Fsp3) is 0.292. The summed E-state index contributed by atoms with van der Waals surface area (Å²) in [6.07, 6.45) is 4.24. The van der Waals surface area contributed by atoms with Gasteiger partial charge in [-0.05, 0) is 54.8 Å². The predicted octanol–water partition coefficient (Wildman–Crippen LogP) is 3.26. The third-order valence-corrected chi connectivity index (χ3v) is 5.16. The Balaban J connectivity index is 1.12. The van der Waals surface area contributed by atoms with Crippen LogP contribution in [0.4, 0.5) is 4.79 Å². The van der Waals surface area contributed by atoms with Crippen molar-refractivity contribution in [1.29, 1.82) is 0 Å². The first kappa shape index (κ1) is 21.2. The van der Waals surface area contributed by atoms with Crippen molar-refractivity contribution >= 4 is 12.1 Å². The number of aryl methyl sites for hydroxylation is 1. The molecule has 0 bridgehead atoms. The van der Waals surface area contributed by atoms with Crippen molar-refractivity contribution < 1.29 is 33.3 Å². The molecule has 9 heteroatoms. The third-order valence-electron chi connectivity index (χ3n) is 5.16. The highest BCUT2D eigenvalue weighted by Crippen LogP contribution is 2.21. The van der Waals surface area contributed by atoms with Crippen LogP contribution in [-0.2, 0) is 15.9 Å². The lowest BCUT2D eigenvalue weighted by molar-refractivity contribution is 0.0729. The molecule has 0 aliphatic carbocycles. The van der Waals surface area contributed by atoms with Crippen molar-refractivity contribution in [2.45, 2.75) is 25.0 Å². The first-order valence-corrected chi connectivity index (χ1v) is 10.7. The number of rotatable bonds is 9. The fourth-order valence-corrected chi connectivity index (χ4v) is 3.08. The summed E-state index contributed by atoms with van der Waals surface area (Å²) in [5, 5.41) is 0. The number of carbonyl (C=O) groups excluding carboxylic acids is 2. The van der Waals surface area contributed by atoms with Gasteiger partial charge in [0.15, 0.2) is 5.69 Å². The van der Waals surface area contributed by atoms with Gasteiger partial charge in [-0.15, -0.1) is 0 Å². The van der Waals surface area contributed by atoms with E-state index in [2.05, 4.69) is 4.98 Å². The minimum atomic E-state index is -0.689. The molecule has 2 atom stereocenters. The Hall–Kier alpha value is -3.69. The molecule has 2 unspecified atom stereocenters. The highest BCUT2D eigenvalue weighted by atomic mass is 16.6. The molecule has 0 saturated carbocycles. The van der Waals surface area contributed by atoms with Crippen LogP contribution >= 0.6 is 0 Å². The first-order chi connectivity index (χ1) is 16.1. The van der Waals surface area contributed by atoms with Gasteiger partial charge < -0.3 is 23.7 Å². The lowest BCUT2D eigenvalue weighted by Crippen LogP contribution is -2.15. The van der Waals surface area contributed by atoms with Crippen LogP contribution in [0.5, 0.6) is 17.2 Å². The van der Waals surface area contributed by atoms with Crippen LogP contribution in [0, 0.1) is 0 Å². The van der Waals surface area contributed by atoms with Gasteiger partial charge in [0.25, 0.3) is 0 Å². The minimum absolute atomic E-state index is 0.0178. The number of hydrogen-bond acceptors (Lipinski definition) is 8. The number of imidazole rings is 1. The van der Waals surface area contributed by atoms with Crippen molar-refractivity contribution in [2.24, 2.45) is 0 Å². The molecule has 9 nitrogen and oxygen atoms in total. The molecule has 3 aromatic rings. The summed E-state index contributed by atoms with van der Waals surface area (Å²) < 4.78 is 27.6. The van der Waals surface area contributed by atoms with Crippen LogP contribution in [-0.4, -0.2) is 53.6 Å². The summed E-state index contributed by atoms with van der Waals surface area (Å²) in [5.41, 5.74) is 1.13. The molecule has 2 aliphatic heterocycles. The zero-order valence-corrected chi connectivity index (χ0v) is 17.7. The molecule has 1 aromatic heterocycles. The summed E-state index contributed by atoms with van der Waals surface area (Å²) >= 11 is 0. The number of ether oxygens (including phenoxy) is 5. The molecule has 2 aromatic carbocycles. The molecule has 3 heterocycles. The van der Waals surface area contributed by atoms with E-state index < -0.39 is 12.1 Å². The standard InChI is InChI=1S/C24H22N2O7/c27-23(32-18-9-7-17(8-10-18)29-13-21-14-31-21)22-11-26(15-25-22)24(28)33-19-4-1-16(2-5-19)3-6-20-12-30-20/h1-2,4-5,7-11,15,20-21H,3,6,12-14H2. The molecule has 0 spiro atoms. The number of nitrogens with zero attached hydrogens (tertiary/aromatic N) is 2. The molecule has 0 N–H and O–H groups in total. The maximum atomic E-state index is 12.4. The molecular weight excluding hydrogens is 428 g/mol. The summed E-state index contributed by atoms with van der Waals surface area (Å²) in [6.45, 7) is 2.05. The lowest BCUT2D eigenvalue weighted by Gasteiger charge is -2.06. The van der Waals surface area contributed by atoms with Gasteiger partial charge in [0, 0.05) is 6.20 Å². The van der Waals surface area contributed by atoms with Crippen LogP contribution in [0.15, 0.2) is 61.1 Å². The van der Waals surface area contributed by atoms with E-state index in [0.717, 1.165) is 36.2 Å². The summed E-state index contributed by atoms with van der Waals surface area (Å²) in [5.74, 6) is 0.702. The van der Waals surface area contributed by atoms with E-state index >= 15 is 0 Å². The van der Waals surface area contributed by atoms with Crippen LogP contribution < -0.4 is 14.2 Å². The quantitative estimate of drug-likeness (QED) is 0.278. The number of aromatic nitrogens is 2. The zero-order valence-electron chi connectivity index (χ0n) is 17.7. The van der Waals surface area contributed by atoms with Crippen molar-refractivity contribution in [3.05, 3.63) is 72.3 Å². The van der Waals surface area contributed by atoms with E-state index in [1.54, 1.807) is 36.4 Å². The SMILES string of the molecule is O=C(Oc1ccc(OCC2CO2)cc1)c1cn(C(=O)Oc2ccc(CCC3CO3)cc2)cn1. The Morgan fingerprint density at radius 2 is 1.55 bits per heavy atom. The normalized spacial score (nSPS) is 18.4. The monoisotopic (exact) mass is 450 g/mol. The first-order valence-electron chi connectivity index (χ1n) is 10.7. The Morgan fingerprint density at radius 1 is 0.909 bits per heavy atom. The van der Waals surface area contributed by atoms with Crippen LogP contribution in [0.25, 0.3) is 0 Å². The van der Waals surface area contributed by atoms with Gasteiger partial charge >= 0.3 is 12.1 Å². The van der Waals surface area contributed by atoms with Crippen LogP contribution in [0.2, 0.25) is 0 Å². The third kappa shape index (κ3) is 5.97. The summed E-state index contributed by atoms with van der Waals surface area (Å²) in [6, 6.07) is 13.9. The average Bonchev–Trinajstić information content (AvgIpc) is 3.77. The Kier molecular flexibility index (Phi) is 6.05. The van der Waals surface area contributed by atoms with Crippen molar-refractivity contribution in [1.82, 2.24) is 9.55 Å². The second kappa shape index (κ2) is 9.43. The number of esters is 1. The topological polar surface area (TPSA) is 105 Å². The predicted molar refractivity (Wildman–Crippen MR) is 115 cm³/mol. The van der Waals surface area contributed by atoms with E-state index in [1.807, 2.05) is 12.1 Å². The highest BCUT2D eigenvalue weighted by molar-refractivity contribution is 5.89. The Morgan fingerprint density at radius 3 is 2.24 bits per heavy atom. The average molecular weight is 450 g/mol. The molecule has 5 rings (SSSR count). The molecule has 170 valence electrons. The van der Waals surface area contributed by atoms with E-state index in [-0.39, 0.29) is 11.8 Å². The largest absolute Gasteiger partial charge is 0.491 e. The lowest BCUT2D eigenvalue weighted by atomic mass is 10.1. The van der Waals surface area contributed by atoms with E-state index in [1.165, 1.54) is 12.5 Å². The smallest absolute Gasteiger partial charge is 0.424 e. The van der Waals surface area contributed by atoms with Gasteiger partial charge in [0.1, 0.15) is 36.3 Å². The molecular formula is C24H22N2O7. The molecule has 0 amide bonds. The molecule has 0 radical (unpaired) electrons. The van der Waals surface area contributed by atoms with Crippen molar-refractivity contribution in [3.8, 4) is 17.2 Å². The fourth-order valence-electron chi connectivity index (χ4n) is 3.08. The minimum Gasteiger partial charge on any atom is -0.491 e. The van der Waals surface area contributed by atoms with Gasteiger partial charge in [-0.2, -0.15) is 0 Å². The Bertz CT molecular complexity index is 1030. The molecule has 2 aliphatic rings.